The average Bonchev–Trinajstić information content (AvgIpc) is 1.41. The molecule has 0 rings (SSSR count). The standard InChI is InChI=1S/C3H7SSe/c4-2-1-3-5/h4H,1-3H2. The first-order chi connectivity index (χ1) is 2.41. The summed E-state index contributed by atoms with van der Waals surface area (Å²) in [5.41, 5.74) is 0. The van der Waals surface area contributed by atoms with E-state index in [-0.39, 0.29) is 0 Å². The summed E-state index contributed by atoms with van der Waals surface area (Å²) in [5, 5.41) is 1.14. The van der Waals surface area contributed by atoms with Crippen LogP contribution < -0.4 is 0 Å². The van der Waals surface area contributed by atoms with Crippen molar-refractivity contribution < 1.29 is 0 Å². The van der Waals surface area contributed by atoms with Crippen LogP contribution in [0.3, 0.4) is 0 Å². The maximum absolute atomic E-state index is 3.98. The second kappa shape index (κ2) is 4.87. The molecule has 1 radical (unpaired) electrons. The van der Waals surface area contributed by atoms with E-state index in [1.807, 2.05) is 0 Å². The van der Waals surface area contributed by atoms with Gasteiger partial charge >= 0.3 is 46.1 Å². The van der Waals surface area contributed by atoms with Gasteiger partial charge in [-0.1, -0.05) is 0 Å². The van der Waals surface area contributed by atoms with Crippen molar-refractivity contribution in [1.82, 2.24) is 0 Å². The molecule has 0 saturated heterocycles. The third-order valence-electron chi connectivity index (χ3n) is 0.302. The monoisotopic (exact) mass is 155 g/mol. The van der Waals surface area contributed by atoms with Crippen molar-refractivity contribution in [3.05, 3.63) is 0 Å². The Morgan fingerprint density at radius 1 is 1.60 bits per heavy atom. The fourth-order valence-electron chi connectivity index (χ4n) is 0.0645. The Bertz CT molecular complexity index is 14.4. The molecule has 0 aromatic rings. The molecule has 0 spiro atoms. The van der Waals surface area contributed by atoms with Gasteiger partial charge in [0.05, 0.1) is 0 Å². The van der Waals surface area contributed by atoms with Gasteiger partial charge in [0.1, 0.15) is 0 Å². The summed E-state index contributed by atoms with van der Waals surface area (Å²) in [7, 11) is 0. The van der Waals surface area contributed by atoms with Gasteiger partial charge in [-0.05, 0) is 0 Å². The molecule has 0 aliphatic carbocycles. The van der Waals surface area contributed by atoms with E-state index in [0.29, 0.717) is 0 Å². The molecule has 0 nitrogen and oxygen atoms in total. The van der Waals surface area contributed by atoms with Crippen LogP contribution in [0, 0.1) is 0 Å². The number of rotatable bonds is 2. The molecule has 0 aliphatic heterocycles. The minimum atomic E-state index is 1.01. The Morgan fingerprint density at radius 3 is 2.20 bits per heavy atom. The van der Waals surface area contributed by atoms with Crippen LogP contribution in [0.1, 0.15) is 6.42 Å². The Hall–Kier alpha value is 0.869. The molecule has 0 aromatic heterocycles. The molecule has 0 aromatic carbocycles. The van der Waals surface area contributed by atoms with Gasteiger partial charge in [0.25, 0.3) is 0 Å². The van der Waals surface area contributed by atoms with Crippen molar-refractivity contribution in [3.8, 4) is 0 Å². The average molecular weight is 154 g/mol. The van der Waals surface area contributed by atoms with Crippen molar-refractivity contribution >= 4 is 28.6 Å². The van der Waals surface area contributed by atoms with E-state index in [9.17, 15) is 0 Å². The Labute approximate surface area is 46.6 Å². The quantitative estimate of drug-likeness (QED) is 0.443. The summed E-state index contributed by atoms with van der Waals surface area (Å²) in [6, 6.07) is 0. The van der Waals surface area contributed by atoms with Crippen LogP contribution in [0.2, 0.25) is 5.32 Å². The second-order valence-corrected chi connectivity index (χ2v) is 2.09. The Kier molecular flexibility index (Phi) is 5.72. The van der Waals surface area contributed by atoms with Gasteiger partial charge in [0.2, 0.25) is 0 Å². The fraction of sp³-hybridized carbons (Fsp3) is 1.00. The topological polar surface area (TPSA) is 0 Å². The van der Waals surface area contributed by atoms with Gasteiger partial charge in [-0.15, -0.1) is 0 Å². The minimum absolute atomic E-state index is 1.01. The molecule has 5 heavy (non-hydrogen) atoms. The van der Waals surface area contributed by atoms with Crippen LogP contribution in [0.25, 0.3) is 0 Å². The van der Waals surface area contributed by atoms with Gasteiger partial charge < -0.3 is 0 Å². The summed E-state index contributed by atoms with van der Waals surface area (Å²) in [6.45, 7) is 0. The molecule has 0 N–H and O–H groups in total. The maximum atomic E-state index is 3.98. The summed E-state index contributed by atoms with van der Waals surface area (Å²) >= 11 is 6.88. The number of thiol groups is 1. The molecule has 0 atom stereocenters. The first-order valence-electron chi connectivity index (χ1n) is 1.60. The van der Waals surface area contributed by atoms with Crippen molar-refractivity contribution in [2.45, 2.75) is 11.7 Å². The zero-order chi connectivity index (χ0) is 4.12. The Morgan fingerprint density at radius 2 is 2.20 bits per heavy atom. The van der Waals surface area contributed by atoms with Crippen molar-refractivity contribution in [3.63, 3.8) is 0 Å². The molecular formula is C3H7SSe. The van der Waals surface area contributed by atoms with Crippen LogP contribution in [-0.4, -0.2) is 21.8 Å². The van der Waals surface area contributed by atoms with Crippen LogP contribution >= 0.6 is 12.6 Å². The van der Waals surface area contributed by atoms with Gasteiger partial charge in [-0.3, -0.25) is 0 Å². The molecule has 0 unspecified atom stereocenters. The molecule has 0 bridgehead atoms. The van der Waals surface area contributed by atoms with Gasteiger partial charge in [0, 0.05) is 0 Å². The van der Waals surface area contributed by atoms with Crippen LogP contribution in [0.15, 0.2) is 0 Å². The number of hydrogen-bond acceptors (Lipinski definition) is 1. The normalized spacial score (nSPS) is 8.40. The molecule has 2 heteroatoms. The summed E-state index contributed by atoms with van der Waals surface area (Å²) in [6.07, 6.45) is 1.20. The second-order valence-electron chi connectivity index (χ2n) is 0.781. The summed E-state index contributed by atoms with van der Waals surface area (Å²) in [5.74, 6) is 1.01. The summed E-state index contributed by atoms with van der Waals surface area (Å²) in [4.78, 5) is 0. The van der Waals surface area contributed by atoms with Gasteiger partial charge in [-0.25, -0.2) is 0 Å². The van der Waals surface area contributed by atoms with Gasteiger partial charge in [0.15, 0.2) is 0 Å². The third kappa shape index (κ3) is 4.87. The van der Waals surface area contributed by atoms with Gasteiger partial charge in [-0.2, -0.15) is 0 Å². The molecule has 0 heterocycles. The molecule has 31 valence electrons. The van der Waals surface area contributed by atoms with E-state index < -0.39 is 0 Å². The van der Waals surface area contributed by atoms with Crippen molar-refractivity contribution in [1.29, 1.82) is 0 Å². The van der Waals surface area contributed by atoms with E-state index in [1.165, 1.54) is 6.42 Å². The van der Waals surface area contributed by atoms with Crippen molar-refractivity contribution in [2.24, 2.45) is 0 Å². The molecule has 0 fully saturated rings. The van der Waals surface area contributed by atoms with Crippen molar-refractivity contribution in [2.75, 3.05) is 5.75 Å². The Balaban J connectivity index is 2.19. The first kappa shape index (κ1) is 5.87. The third-order valence-corrected chi connectivity index (χ3v) is 1.22. The summed E-state index contributed by atoms with van der Waals surface area (Å²) < 4.78 is 0. The van der Waals surface area contributed by atoms with E-state index in [2.05, 4.69) is 28.6 Å². The van der Waals surface area contributed by atoms with E-state index in [1.54, 1.807) is 0 Å². The molecule has 0 aliphatic rings. The molecule has 0 amide bonds. The SMILES string of the molecule is SCCC[Se]. The number of hydrogen-bond donors (Lipinski definition) is 1. The van der Waals surface area contributed by atoms with Crippen LogP contribution in [0.4, 0.5) is 0 Å². The zero-order valence-electron chi connectivity index (χ0n) is 2.98. The van der Waals surface area contributed by atoms with Crippen LogP contribution in [0.5, 0.6) is 0 Å². The predicted molar refractivity (Wildman–Crippen MR) is 29.0 cm³/mol. The predicted octanol–water partition coefficient (Wildman–Crippen LogP) is 0.893. The fourth-order valence-corrected chi connectivity index (χ4v) is 1.01. The van der Waals surface area contributed by atoms with E-state index >= 15 is 0 Å². The van der Waals surface area contributed by atoms with E-state index in [4.69, 9.17) is 0 Å². The first-order valence-corrected chi connectivity index (χ1v) is 3.45. The zero-order valence-corrected chi connectivity index (χ0v) is 5.58. The van der Waals surface area contributed by atoms with E-state index in [0.717, 1.165) is 11.1 Å². The molecular weight excluding hydrogens is 147 g/mol. The molecule has 0 saturated carbocycles. The van der Waals surface area contributed by atoms with Crippen LogP contribution in [-0.2, 0) is 0 Å².